The number of fused-ring (bicyclic) bond motifs is 1. The lowest BCUT2D eigenvalue weighted by Crippen LogP contribution is -2.27. The van der Waals surface area contributed by atoms with Crippen LogP contribution in [0.5, 0.6) is 23.0 Å². The van der Waals surface area contributed by atoms with Crippen LogP contribution < -0.4 is 24.8 Å². The zero-order valence-corrected chi connectivity index (χ0v) is 21.8. The van der Waals surface area contributed by atoms with Crippen LogP contribution >= 0.6 is 0 Å². The molecule has 10 nitrogen and oxygen atoms in total. The molecule has 2 atom stereocenters. The van der Waals surface area contributed by atoms with E-state index in [0.29, 0.717) is 35.7 Å². The van der Waals surface area contributed by atoms with Gasteiger partial charge in [0.2, 0.25) is 5.75 Å². The Kier molecular flexibility index (Phi) is 7.02. The number of allylic oxidation sites excluding steroid dienone is 1. The number of carbonyl (C=O) groups is 1. The van der Waals surface area contributed by atoms with Crippen molar-refractivity contribution in [2.75, 3.05) is 31.5 Å². The van der Waals surface area contributed by atoms with E-state index in [1.54, 1.807) is 7.11 Å². The molecule has 0 saturated carbocycles. The normalized spacial score (nSPS) is 18.2. The van der Waals surface area contributed by atoms with Gasteiger partial charge >= 0.3 is 5.69 Å². The van der Waals surface area contributed by atoms with Crippen LogP contribution in [0.25, 0.3) is 0 Å². The quantitative estimate of drug-likeness (QED) is 0.260. The highest BCUT2D eigenvalue weighted by Crippen LogP contribution is 2.47. The van der Waals surface area contributed by atoms with E-state index in [-0.39, 0.29) is 23.9 Å². The molecule has 0 radical (unpaired) electrons. The number of nitro benzene ring substituents is 1. The van der Waals surface area contributed by atoms with Gasteiger partial charge in [-0.1, -0.05) is 18.2 Å². The number of methoxy groups -OCH3 is 2. The zero-order chi connectivity index (χ0) is 27.7. The number of carbonyl (C=O) groups excluding carboxylic acids is 1. The molecule has 10 heteroatoms. The van der Waals surface area contributed by atoms with Crippen molar-refractivity contribution < 1.29 is 29.0 Å². The fourth-order valence-corrected chi connectivity index (χ4v) is 5.27. The van der Waals surface area contributed by atoms with Crippen molar-refractivity contribution >= 4 is 22.8 Å². The van der Waals surface area contributed by atoms with Crippen LogP contribution in [-0.2, 0) is 4.79 Å². The van der Waals surface area contributed by atoms with E-state index >= 15 is 0 Å². The van der Waals surface area contributed by atoms with E-state index in [2.05, 4.69) is 10.6 Å². The molecule has 0 saturated heterocycles. The minimum absolute atomic E-state index is 0.0451. The predicted molar refractivity (Wildman–Crippen MR) is 146 cm³/mol. The van der Waals surface area contributed by atoms with Gasteiger partial charge in [-0.25, -0.2) is 0 Å². The minimum Gasteiger partial charge on any atom is -0.500 e. The van der Waals surface area contributed by atoms with Crippen LogP contribution in [0, 0.1) is 10.1 Å². The highest BCUT2D eigenvalue weighted by molar-refractivity contribution is 6.01. The predicted octanol–water partition coefficient (Wildman–Crippen LogP) is 5.70. The fraction of sp³-hybridized carbons (Fsp3) is 0.276. The molecule has 0 spiro atoms. The first-order valence-electron chi connectivity index (χ1n) is 12.6. The Morgan fingerprint density at radius 3 is 2.38 bits per heavy atom. The van der Waals surface area contributed by atoms with Crippen molar-refractivity contribution in [1.82, 2.24) is 0 Å². The minimum atomic E-state index is -0.715. The van der Waals surface area contributed by atoms with Crippen molar-refractivity contribution in [3.63, 3.8) is 0 Å². The Hall–Kier alpha value is -4.73. The molecule has 2 aliphatic rings. The maximum atomic E-state index is 13.9. The Balaban J connectivity index is 1.62. The molecular formula is C29H29N3O7. The smallest absolute Gasteiger partial charge is 0.315 e. The molecule has 3 aromatic carbocycles. The summed E-state index contributed by atoms with van der Waals surface area (Å²) >= 11 is 0. The number of ketones is 1. The van der Waals surface area contributed by atoms with Gasteiger partial charge in [0.15, 0.2) is 23.0 Å². The van der Waals surface area contributed by atoms with E-state index < -0.39 is 22.4 Å². The first kappa shape index (κ1) is 25.9. The molecular weight excluding hydrogens is 502 g/mol. The second-order valence-electron chi connectivity index (χ2n) is 9.36. The van der Waals surface area contributed by atoms with Gasteiger partial charge in [-0.3, -0.25) is 14.9 Å². The highest BCUT2D eigenvalue weighted by Gasteiger charge is 2.37. The lowest BCUT2D eigenvalue weighted by atomic mass is 9.78. The number of aromatic hydroxyl groups is 1. The first-order valence-corrected chi connectivity index (χ1v) is 12.6. The molecule has 0 fully saturated rings. The van der Waals surface area contributed by atoms with Crippen LogP contribution in [0.1, 0.15) is 42.9 Å². The van der Waals surface area contributed by atoms with E-state index in [1.165, 1.54) is 19.2 Å². The van der Waals surface area contributed by atoms with Crippen LogP contribution in [0.15, 0.2) is 65.9 Å². The summed E-state index contributed by atoms with van der Waals surface area (Å²) in [6.45, 7) is 2.41. The number of hydrogen-bond donors (Lipinski definition) is 3. The van der Waals surface area contributed by atoms with Gasteiger partial charge in [0, 0.05) is 23.8 Å². The molecule has 39 heavy (non-hydrogen) atoms. The summed E-state index contributed by atoms with van der Waals surface area (Å²) in [7, 11) is 2.91. The summed E-state index contributed by atoms with van der Waals surface area (Å²) in [5.41, 5.74) is 3.60. The summed E-state index contributed by atoms with van der Waals surface area (Å²) in [5.74, 6) is 0.413. The number of nitro groups is 1. The van der Waals surface area contributed by atoms with Crippen molar-refractivity contribution in [2.24, 2.45) is 0 Å². The Labute approximate surface area is 225 Å². The SMILES string of the molecule is CCOc1ccc([C@@H]2CC(=O)C3=C(C2)Nc2ccccc2N[C@H]3c2cc(OC)c(O)c([N+](=O)[O-])c2)cc1OC. The number of hydrogen-bond acceptors (Lipinski definition) is 9. The Bertz CT molecular complexity index is 1480. The summed E-state index contributed by atoms with van der Waals surface area (Å²) in [6, 6.07) is 15.3. The number of phenols is 1. The molecule has 202 valence electrons. The second-order valence-corrected chi connectivity index (χ2v) is 9.36. The number of anilines is 2. The van der Waals surface area contributed by atoms with Gasteiger partial charge in [-0.15, -0.1) is 0 Å². The van der Waals surface area contributed by atoms with Gasteiger partial charge in [0.1, 0.15) is 0 Å². The van der Waals surface area contributed by atoms with E-state index in [1.807, 2.05) is 49.4 Å². The fourth-order valence-electron chi connectivity index (χ4n) is 5.27. The molecule has 0 amide bonds. The van der Waals surface area contributed by atoms with Crippen molar-refractivity contribution in [3.05, 3.63) is 87.1 Å². The maximum Gasteiger partial charge on any atom is 0.315 e. The molecule has 0 aromatic heterocycles. The molecule has 5 rings (SSSR count). The number of Topliss-reactive ketones (excluding diaryl/α,β-unsaturated/α-hetero) is 1. The molecule has 0 unspecified atom stereocenters. The zero-order valence-electron chi connectivity index (χ0n) is 21.8. The van der Waals surface area contributed by atoms with Crippen LogP contribution in [0.3, 0.4) is 0 Å². The largest absolute Gasteiger partial charge is 0.500 e. The number of phenolic OH excluding ortho intramolecular Hbond substituents is 1. The number of rotatable bonds is 7. The average Bonchev–Trinajstić information content (AvgIpc) is 3.10. The summed E-state index contributed by atoms with van der Waals surface area (Å²) in [5, 5.41) is 28.9. The van der Waals surface area contributed by atoms with Crippen LogP contribution in [-0.4, -0.2) is 36.6 Å². The van der Waals surface area contributed by atoms with Gasteiger partial charge in [-0.2, -0.15) is 0 Å². The molecule has 1 aliphatic carbocycles. The van der Waals surface area contributed by atoms with Crippen molar-refractivity contribution in [2.45, 2.75) is 31.7 Å². The summed E-state index contributed by atoms with van der Waals surface area (Å²) in [6.07, 6.45) is 0.769. The Morgan fingerprint density at radius 1 is 0.974 bits per heavy atom. The highest BCUT2D eigenvalue weighted by atomic mass is 16.6. The summed E-state index contributed by atoms with van der Waals surface area (Å²) < 4.78 is 16.4. The lowest BCUT2D eigenvalue weighted by molar-refractivity contribution is -0.386. The molecule has 3 aromatic rings. The Morgan fingerprint density at radius 2 is 1.69 bits per heavy atom. The van der Waals surface area contributed by atoms with E-state index in [9.17, 15) is 20.0 Å². The summed E-state index contributed by atoms with van der Waals surface area (Å²) in [4.78, 5) is 24.9. The van der Waals surface area contributed by atoms with Crippen LogP contribution in [0.2, 0.25) is 0 Å². The van der Waals surface area contributed by atoms with Crippen molar-refractivity contribution in [3.8, 4) is 23.0 Å². The van der Waals surface area contributed by atoms with Gasteiger partial charge in [0.05, 0.1) is 43.2 Å². The van der Waals surface area contributed by atoms with Gasteiger partial charge in [-0.05, 0) is 60.7 Å². The lowest BCUT2D eigenvalue weighted by Gasteiger charge is -2.30. The number of ether oxygens (including phenoxy) is 3. The average molecular weight is 532 g/mol. The number of para-hydroxylation sites is 2. The first-order chi connectivity index (χ1) is 18.8. The van der Waals surface area contributed by atoms with Gasteiger partial charge in [0.25, 0.3) is 0 Å². The number of nitrogens with one attached hydrogen (secondary N) is 2. The molecule has 3 N–H and O–H groups in total. The molecule has 1 heterocycles. The van der Waals surface area contributed by atoms with E-state index in [4.69, 9.17) is 14.2 Å². The third kappa shape index (κ3) is 4.81. The maximum absolute atomic E-state index is 13.9. The van der Waals surface area contributed by atoms with E-state index in [0.717, 1.165) is 22.6 Å². The molecule has 1 aliphatic heterocycles. The number of nitrogens with zero attached hydrogens (tertiary/aromatic N) is 1. The third-order valence-corrected chi connectivity index (χ3v) is 7.10. The second kappa shape index (κ2) is 10.6. The number of benzene rings is 3. The van der Waals surface area contributed by atoms with Gasteiger partial charge < -0.3 is 30.0 Å². The molecule has 0 bridgehead atoms. The van der Waals surface area contributed by atoms with Crippen molar-refractivity contribution in [1.29, 1.82) is 0 Å². The standard InChI is InChI=1S/C29H29N3O7/c1-4-39-24-10-9-16(14-25(24)37-2)17-11-21-27(23(33)13-17)28(31-20-8-6-5-7-19(20)30-21)18-12-22(32(35)36)29(34)26(15-18)38-3/h5-10,12,14-15,17,28,30-31,34H,4,11,13H2,1-3H3/t17-,28-/m0/s1. The topological polar surface area (TPSA) is 132 Å². The van der Waals surface area contributed by atoms with Crippen LogP contribution in [0.4, 0.5) is 17.1 Å². The third-order valence-electron chi connectivity index (χ3n) is 7.10. The monoisotopic (exact) mass is 531 g/mol.